The average Bonchev–Trinajstić information content (AvgIpc) is 2.40. The predicted molar refractivity (Wildman–Crippen MR) is 90.4 cm³/mol. The molecule has 2 heteroatoms. The van der Waals surface area contributed by atoms with Crippen molar-refractivity contribution in [3.05, 3.63) is 0 Å². The maximum atomic E-state index is 5.90. The van der Waals surface area contributed by atoms with Gasteiger partial charge in [0.05, 0.1) is 5.60 Å². The third-order valence-corrected chi connectivity index (χ3v) is 4.15. The minimum absolute atomic E-state index is 0.0497. The zero-order chi connectivity index (χ0) is 15.3. The molecule has 0 aromatic rings. The van der Waals surface area contributed by atoms with E-state index < -0.39 is 0 Å². The highest BCUT2D eigenvalue weighted by Crippen LogP contribution is 2.20. The topological polar surface area (TPSA) is 21.3 Å². The summed E-state index contributed by atoms with van der Waals surface area (Å²) in [5, 5.41) is 3.60. The van der Waals surface area contributed by atoms with E-state index in [0.717, 1.165) is 13.2 Å². The fraction of sp³-hybridized carbons (Fsp3) is 1.00. The fourth-order valence-electron chi connectivity index (χ4n) is 2.90. The van der Waals surface area contributed by atoms with E-state index in [4.69, 9.17) is 4.74 Å². The molecule has 0 saturated heterocycles. The second-order valence-electron chi connectivity index (χ2n) is 6.41. The normalized spacial score (nSPS) is 13.7. The van der Waals surface area contributed by atoms with Gasteiger partial charge in [-0.1, -0.05) is 65.2 Å². The van der Waals surface area contributed by atoms with Crippen LogP contribution in [-0.2, 0) is 4.74 Å². The van der Waals surface area contributed by atoms with Crippen LogP contribution in [0, 0.1) is 0 Å². The van der Waals surface area contributed by atoms with Crippen molar-refractivity contribution < 1.29 is 4.74 Å². The molecule has 0 aliphatic heterocycles. The lowest BCUT2D eigenvalue weighted by Gasteiger charge is -2.35. The van der Waals surface area contributed by atoms with Crippen molar-refractivity contribution in [2.75, 3.05) is 13.2 Å². The molecule has 2 nitrogen and oxygen atoms in total. The van der Waals surface area contributed by atoms with Crippen molar-refractivity contribution in [1.29, 1.82) is 0 Å². The molecule has 122 valence electrons. The van der Waals surface area contributed by atoms with Gasteiger partial charge in [0.25, 0.3) is 0 Å². The minimum atomic E-state index is -0.0497. The number of unbranched alkanes of at least 4 members (excludes halogenated alkanes) is 7. The van der Waals surface area contributed by atoms with Gasteiger partial charge in [0.2, 0.25) is 0 Å². The highest BCUT2D eigenvalue weighted by atomic mass is 16.5. The first kappa shape index (κ1) is 19.9. The van der Waals surface area contributed by atoms with E-state index in [0.29, 0.717) is 6.04 Å². The third kappa shape index (κ3) is 9.77. The molecule has 1 atom stereocenters. The van der Waals surface area contributed by atoms with Gasteiger partial charge in [-0.25, -0.2) is 0 Å². The molecular weight excluding hydrogens is 246 g/mol. The summed E-state index contributed by atoms with van der Waals surface area (Å²) in [5.74, 6) is 0. The summed E-state index contributed by atoms with van der Waals surface area (Å²) >= 11 is 0. The molecule has 0 aromatic carbocycles. The van der Waals surface area contributed by atoms with Gasteiger partial charge >= 0.3 is 0 Å². The average molecular weight is 286 g/mol. The van der Waals surface area contributed by atoms with Gasteiger partial charge < -0.3 is 10.1 Å². The molecule has 0 rings (SSSR count). The van der Waals surface area contributed by atoms with Crippen molar-refractivity contribution in [2.45, 2.75) is 104 Å². The molecule has 0 saturated carbocycles. The molecule has 0 spiro atoms. The van der Waals surface area contributed by atoms with E-state index in [-0.39, 0.29) is 5.60 Å². The van der Waals surface area contributed by atoms with Crippen molar-refractivity contribution in [1.82, 2.24) is 5.32 Å². The number of likely N-dealkylation sites (N-methyl/N-ethyl adjacent to an activating group) is 1. The predicted octanol–water partition coefficient (Wildman–Crippen LogP) is 5.31. The lowest BCUT2D eigenvalue weighted by Crippen LogP contribution is -2.48. The lowest BCUT2D eigenvalue weighted by atomic mass is 9.92. The van der Waals surface area contributed by atoms with Crippen LogP contribution in [0.5, 0.6) is 0 Å². The first-order chi connectivity index (χ1) is 9.58. The molecule has 0 fully saturated rings. The van der Waals surface area contributed by atoms with Crippen LogP contribution in [0.3, 0.4) is 0 Å². The Bertz CT molecular complexity index is 204. The molecule has 1 N–H and O–H groups in total. The fourth-order valence-corrected chi connectivity index (χ4v) is 2.90. The number of hydrogen-bond acceptors (Lipinski definition) is 2. The Kier molecular flexibility index (Phi) is 12.6. The van der Waals surface area contributed by atoms with Crippen molar-refractivity contribution in [3.63, 3.8) is 0 Å². The number of hydrogen-bond donors (Lipinski definition) is 1. The summed E-state index contributed by atoms with van der Waals surface area (Å²) in [6.45, 7) is 12.8. The Morgan fingerprint density at radius 2 is 1.40 bits per heavy atom. The standard InChI is InChI=1S/C18H39NO/c1-6-9-10-11-12-13-14-15-16-17(19-7-2)18(4,5)20-8-3/h17,19H,6-16H2,1-5H3. The first-order valence-corrected chi connectivity index (χ1v) is 8.95. The van der Waals surface area contributed by atoms with Gasteiger partial charge in [0, 0.05) is 12.6 Å². The number of ether oxygens (including phenoxy) is 1. The Labute approximate surface area is 128 Å². The molecule has 0 amide bonds. The third-order valence-electron chi connectivity index (χ3n) is 4.15. The van der Waals surface area contributed by atoms with Crippen LogP contribution in [-0.4, -0.2) is 24.8 Å². The van der Waals surface area contributed by atoms with E-state index in [1.807, 2.05) is 0 Å². The van der Waals surface area contributed by atoms with Crippen molar-refractivity contribution in [3.8, 4) is 0 Å². The molecular formula is C18H39NO. The monoisotopic (exact) mass is 285 g/mol. The van der Waals surface area contributed by atoms with Crippen LogP contribution in [0.4, 0.5) is 0 Å². The van der Waals surface area contributed by atoms with Gasteiger partial charge in [-0.05, 0) is 33.7 Å². The molecule has 1 unspecified atom stereocenters. The van der Waals surface area contributed by atoms with E-state index in [1.165, 1.54) is 57.8 Å². The zero-order valence-corrected chi connectivity index (χ0v) is 14.8. The van der Waals surface area contributed by atoms with Crippen molar-refractivity contribution >= 4 is 0 Å². The summed E-state index contributed by atoms with van der Waals surface area (Å²) in [7, 11) is 0. The number of rotatable bonds is 14. The second-order valence-corrected chi connectivity index (χ2v) is 6.41. The molecule has 0 bridgehead atoms. The SMILES string of the molecule is CCCCCCCCCCC(NCC)C(C)(C)OCC. The van der Waals surface area contributed by atoms with Crippen molar-refractivity contribution in [2.24, 2.45) is 0 Å². The van der Waals surface area contributed by atoms with E-state index in [9.17, 15) is 0 Å². The van der Waals surface area contributed by atoms with Gasteiger partial charge in [-0.2, -0.15) is 0 Å². The summed E-state index contributed by atoms with van der Waals surface area (Å²) in [5.41, 5.74) is -0.0497. The van der Waals surface area contributed by atoms with Crippen LogP contribution in [0.1, 0.15) is 92.4 Å². The van der Waals surface area contributed by atoms with Crippen LogP contribution < -0.4 is 5.32 Å². The molecule has 0 aliphatic rings. The highest BCUT2D eigenvalue weighted by Gasteiger charge is 2.28. The Balaban J connectivity index is 3.75. The summed E-state index contributed by atoms with van der Waals surface area (Å²) < 4.78 is 5.90. The first-order valence-electron chi connectivity index (χ1n) is 8.95. The maximum absolute atomic E-state index is 5.90. The van der Waals surface area contributed by atoms with E-state index in [2.05, 4.69) is 39.9 Å². The lowest BCUT2D eigenvalue weighted by molar-refractivity contribution is -0.0402. The molecule has 0 aliphatic carbocycles. The maximum Gasteiger partial charge on any atom is 0.0778 e. The van der Waals surface area contributed by atoms with E-state index >= 15 is 0 Å². The van der Waals surface area contributed by atoms with Gasteiger partial charge in [-0.15, -0.1) is 0 Å². The summed E-state index contributed by atoms with van der Waals surface area (Å²) in [6.07, 6.45) is 12.3. The van der Waals surface area contributed by atoms with Crippen LogP contribution in [0.25, 0.3) is 0 Å². The van der Waals surface area contributed by atoms with Crippen LogP contribution >= 0.6 is 0 Å². The van der Waals surface area contributed by atoms with Gasteiger partial charge in [-0.3, -0.25) is 0 Å². The Morgan fingerprint density at radius 3 is 1.90 bits per heavy atom. The smallest absolute Gasteiger partial charge is 0.0778 e. The minimum Gasteiger partial charge on any atom is -0.374 e. The summed E-state index contributed by atoms with van der Waals surface area (Å²) in [6, 6.07) is 0.479. The Morgan fingerprint density at radius 1 is 0.850 bits per heavy atom. The number of nitrogens with one attached hydrogen (secondary N) is 1. The molecule has 0 heterocycles. The van der Waals surface area contributed by atoms with E-state index in [1.54, 1.807) is 0 Å². The highest BCUT2D eigenvalue weighted by molar-refractivity contribution is 4.85. The van der Waals surface area contributed by atoms with Gasteiger partial charge in [0.15, 0.2) is 0 Å². The zero-order valence-electron chi connectivity index (χ0n) is 14.8. The summed E-state index contributed by atoms with van der Waals surface area (Å²) in [4.78, 5) is 0. The van der Waals surface area contributed by atoms with Gasteiger partial charge in [0.1, 0.15) is 0 Å². The molecule has 0 radical (unpaired) electrons. The largest absolute Gasteiger partial charge is 0.374 e. The Hall–Kier alpha value is -0.0800. The second kappa shape index (κ2) is 12.6. The molecule has 0 aromatic heterocycles. The van der Waals surface area contributed by atoms with Crippen LogP contribution in [0.15, 0.2) is 0 Å². The quantitative estimate of drug-likeness (QED) is 0.437. The molecule has 20 heavy (non-hydrogen) atoms. The van der Waals surface area contributed by atoms with Crippen LogP contribution in [0.2, 0.25) is 0 Å².